The summed E-state index contributed by atoms with van der Waals surface area (Å²) in [6, 6.07) is 10.4. The first kappa shape index (κ1) is 13.3. The molecule has 1 aromatic carbocycles. The smallest absolute Gasteiger partial charge is 0.0702 e. The van der Waals surface area contributed by atoms with Crippen molar-refractivity contribution in [2.75, 3.05) is 12.4 Å². The highest BCUT2D eigenvalue weighted by Gasteiger charge is 2.01. The highest BCUT2D eigenvalue weighted by molar-refractivity contribution is 6.17. The summed E-state index contributed by atoms with van der Waals surface area (Å²) in [5.41, 5.74) is 2.28. The van der Waals surface area contributed by atoms with Crippen molar-refractivity contribution in [3.8, 4) is 0 Å². The number of aromatic nitrogens is 1. The van der Waals surface area contributed by atoms with Crippen LogP contribution in [0.15, 0.2) is 36.5 Å². The van der Waals surface area contributed by atoms with Gasteiger partial charge in [-0.15, -0.1) is 11.6 Å². The van der Waals surface area contributed by atoms with E-state index >= 15 is 0 Å². The topological polar surface area (TPSA) is 24.9 Å². The lowest BCUT2D eigenvalue weighted by Crippen LogP contribution is -2.21. The molecule has 0 aliphatic heterocycles. The molecule has 0 aliphatic carbocycles. The number of pyridine rings is 1. The van der Waals surface area contributed by atoms with E-state index in [0.717, 1.165) is 30.9 Å². The molecule has 96 valence electrons. The van der Waals surface area contributed by atoms with Crippen LogP contribution < -0.4 is 5.32 Å². The maximum Gasteiger partial charge on any atom is 0.0702 e. The van der Waals surface area contributed by atoms with Crippen molar-refractivity contribution in [1.82, 2.24) is 10.3 Å². The first-order chi connectivity index (χ1) is 8.79. The lowest BCUT2D eigenvalue weighted by molar-refractivity contribution is 0.502. The van der Waals surface area contributed by atoms with Crippen molar-refractivity contribution >= 4 is 22.5 Å². The molecule has 0 saturated carbocycles. The highest BCUT2D eigenvalue weighted by Crippen LogP contribution is 2.12. The largest absolute Gasteiger partial charge is 0.312 e. The zero-order valence-electron chi connectivity index (χ0n) is 10.7. The Bertz CT molecular complexity index is 499. The van der Waals surface area contributed by atoms with Gasteiger partial charge in [-0.1, -0.05) is 25.1 Å². The van der Waals surface area contributed by atoms with Crippen LogP contribution in [0.1, 0.15) is 18.9 Å². The first-order valence-corrected chi connectivity index (χ1v) is 6.93. The zero-order valence-corrected chi connectivity index (χ0v) is 11.5. The Kier molecular flexibility index (Phi) is 4.97. The van der Waals surface area contributed by atoms with Gasteiger partial charge in [0.2, 0.25) is 0 Å². The summed E-state index contributed by atoms with van der Waals surface area (Å²) in [5, 5.41) is 4.65. The average Bonchev–Trinajstić information content (AvgIpc) is 2.39. The molecule has 1 N–H and O–H groups in total. The van der Waals surface area contributed by atoms with E-state index in [-0.39, 0.29) is 0 Å². The number of nitrogens with zero attached hydrogens (tertiary/aromatic N) is 1. The number of hydrogen-bond acceptors (Lipinski definition) is 2. The number of benzene rings is 1. The van der Waals surface area contributed by atoms with Crippen LogP contribution in [-0.2, 0) is 6.54 Å². The molecule has 0 radical (unpaired) electrons. The Labute approximate surface area is 113 Å². The van der Waals surface area contributed by atoms with E-state index in [0.29, 0.717) is 5.92 Å². The molecule has 1 atom stereocenters. The van der Waals surface area contributed by atoms with Crippen molar-refractivity contribution in [3.05, 3.63) is 42.1 Å². The van der Waals surface area contributed by atoms with Gasteiger partial charge in [0, 0.05) is 24.0 Å². The second-order valence-corrected chi connectivity index (χ2v) is 5.13. The van der Waals surface area contributed by atoms with Gasteiger partial charge in [0.25, 0.3) is 0 Å². The van der Waals surface area contributed by atoms with E-state index < -0.39 is 0 Å². The van der Waals surface area contributed by atoms with Gasteiger partial charge in [0.05, 0.1) is 5.52 Å². The molecule has 1 unspecified atom stereocenters. The van der Waals surface area contributed by atoms with E-state index in [9.17, 15) is 0 Å². The van der Waals surface area contributed by atoms with Gasteiger partial charge in [-0.2, -0.15) is 0 Å². The number of nitrogens with one attached hydrogen (secondary N) is 1. The normalized spacial score (nSPS) is 12.8. The third-order valence-corrected chi connectivity index (χ3v) is 3.29. The second kappa shape index (κ2) is 6.72. The van der Waals surface area contributed by atoms with Gasteiger partial charge >= 0.3 is 0 Å². The monoisotopic (exact) mass is 262 g/mol. The first-order valence-electron chi connectivity index (χ1n) is 6.40. The van der Waals surface area contributed by atoms with Gasteiger partial charge in [-0.3, -0.25) is 4.98 Å². The Balaban J connectivity index is 1.91. The average molecular weight is 263 g/mol. The van der Waals surface area contributed by atoms with E-state index in [4.69, 9.17) is 11.6 Å². The second-order valence-electron chi connectivity index (χ2n) is 4.75. The van der Waals surface area contributed by atoms with Gasteiger partial charge < -0.3 is 5.32 Å². The molecule has 0 amide bonds. The predicted octanol–water partition coefficient (Wildman–Crippen LogP) is 3.59. The van der Waals surface area contributed by atoms with E-state index in [1.807, 2.05) is 24.4 Å². The maximum atomic E-state index is 5.72. The van der Waals surface area contributed by atoms with Gasteiger partial charge in [0.15, 0.2) is 0 Å². The minimum absolute atomic E-state index is 0.621. The molecular weight excluding hydrogens is 244 g/mol. The third-order valence-electron chi connectivity index (χ3n) is 3.07. The number of alkyl halides is 1. The summed E-state index contributed by atoms with van der Waals surface area (Å²) in [5.74, 6) is 1.36. The summed E-state index contributed by atoms with van der Waals surface area (Å²) in [7, 11) is 0. The zero-order chi connectivity index (χ0) is 12.8. The van der Waals surface area contributed by atoms with E-state index in [1.54, 1.807) is 0 Å². The lowest BCUT2D eigenvalue weighted by atomic mass is 10.1. The molecule has 0 saturated heterocycles. The van der Waals surface area contributed by atoms with Crippen LogP contribution in [0.5, 0.6) is 0 Å². The van der Waals surface area contributed by atoms with Crippen LogP contribution in [0.3, 0.4) is 0 Å². The Morgan fingerprint density at radius 1 is 1.33 bits per heavy atom. The fraction of sp³-hybridized carbons (Fsp3) is 0.400. The van der Waals surface area contributed by atoms with Gasteiger partial charge in [0.1, 0.15) is 0 Å². The molecule has 2 rings (SSSR count). The molecule has 0 spiro atoms. The van der Waals surface area contributed by atoms with Crippen LogP contribution >= 0.6 is 11.6 Å². The third kappa shape index (κ3) is 3.69. The van der Waals surface area contributed by atoms with Gasteiger partial charge in [-0.25, -0.2) is 0 Å². The fourth-order valence-corrected chi connectivity index (χ4v) is 2.34. The minimum Gasteiger partial charge on any atom is -0.312 e. The number of para-hydroxylation sites is 1. The van der Waals surface area contributed by atoms with Crippen molar-refractivity contribution in [2.24, 2.45) is 5.92 Å². The molecule has 1 heterocycles. The van der Waals surface area contributed by atoms with Crippen LogP contribution in [0, 0.1) is 5.92 Å². The number of fused-ring (bicyclic) bond motifs is 1. The standard InChI is InChI=1S/C15H19ClN2/c1-12(6-7-16)9-17-10-13-8-14-4-2-3-5-15(14)18-11-13/h2-5,8,11-12,17H,6-7,9-10H2,1H3. The summed E-state index contributed by atoms with van der Waals surface area (Å²) in [6.07, 6.45) is 3.01. The fourth-order valence-electron chi connectivity index (χ4n) is 1.96. The Hall–Kier alpha value is -1.12. The van der Waals surface area contributed by atoms with Crippen LogP contribution in [0.25, 0.3) is 10.9 Å². The predicted molar refractivity (Wildman–Crippen MR) is 78.0 cm³/mol. The van der Waals surface area contributed by atoms with Crippen LogP contribution in [0.4, 0.5) is 0 Å². The quantitative estimate of drug-likeness (QED) is 0.805. The van der Waals surface area contributed by atoms with E-state index in [1.165, 1.54) is 10.9 Å². The van der Waals surface area contributed by atoms with Crippen LogP contribution in [0.2, 0.25) is 0 Å². The molecule has 2 nitrogen and oxygen atoms in total. The highest BCUT2D eigenvalue weighted by atomic mass is 35.5. The molecule has 0 aliphatic rings. The summed E-state index contributed by atoms with van der Waals surface area (Å²) < 4.78 is 0. The molecule has 0 bridgehead atoms. The molecule has 0 fully saturated rings. The summed E-state index contributed by atoms with van der Waals surface area (Å²) >= 11 is 5.72. The van der Waals surface area contributed by atoms with E-state index in [2.05, 4.69) is 29.4 Å². The lowest BCUT2D eigenvalue weighted by Gasteiger charge is -2.11. The summed E-state index contributed by atoms with van der Waals surface area (Å²) in [4.78, 5) is 4.45. The van der Waals surface area contributed by atoms with Crippen molar-refractivity contribution < 1.29 is 0 Å². The number of hydrogen-bond donors (Lipinski definition) is 1. The number of rotatable bonds is 6. The molecule has 3 heteroatoms. The minimum atomic E-state index is 0.621. The summed E-state index contributed by atoms with van der Waals surface area (Å²) in [6.45, 7) is 4.08. The molecule has 18 heavy (non-hydrogen) atoms. The van der Waals surface area contributed by atoms with Crippen LogP contribution in [-0.4, -0.2) is 17.4 Å². The SMILES string of the molecule is CC(CCCl)CNCc1cnc2ccccc2c1. The van der Waals surface area contributed by atoms with Crippen molar-refractivity contribution in [3.63, 3.8) is 0 Å². The molecule has 1 aromatic heterocycles. The number of halogens is 1. The van der Waals surface area contributed by atoms with Crippen molar-refractivity contribution in [1.29, 1.82) is 0 Å². The van der Waals surface area contributed by atoms with Gasteiger partial charge in [-0.05, 0) is 36.6 Å². The molecule has 2 aromatic rings. The Morgan fingerprint density at radius 3 is 3.00 bits per heavy atom. The Morgan fingerprint density at radius 2 is 2.17 bits per heavy atom. The molecular formula is C15H19ClN2. The van der Waals surface area contributed by atoms with Crippen molar-refractivity contribution in [2.45, 2.75) is 19.9 Å². The maximum absolute atomic E-state index is 5.72.